The molecule has 0 amide bonds. The molecule has 4 aromatic rings. The van der Waals surface area contributed by atoms with Crippen molar-refractivity contribution in [2.45, 2.75) is 0 Å². The zero-order chi connectivity index (χ0) is 15.6. The van der Waals surface area contributed by atoms with Crippen molar-refractivity contribution < 1.29 is 0 Å². The number of halogens is 1. The van der Waals surface area contributed by atoms with E-state index in [4.69, 9.17) is 11.6 Å². The maximum absolute atomic E-state index is 5.96. The summed E-state index contributed by atoms with van der Waals surface area (Å²) < 4.78 is 0. The van der Waals surface area contributed by atoms with Gasteiger partial charge in [0, 0.05) is 5.02 Å². The Hall–Kier alpha value is -2.57. The summed E-state index contributed by atoms with van der Waals surface area (Å²) in [7, 11) is 0. The van der Waals surface area contributed by atoms with Gasteiger partial charge in [-0.25, -0.2) is 0 Å². The molecule has 0 spiro atoms. The minimum Gasteiger partial charge on any atom is -0.0843 e. The van der Waals surface area contributed by atoms with E-state index in [1.807, 2.05) is 24.3 Å². The van der Waals surface area contributed by atoms with E-state index < -0.39 is 0 Å². The first-order chi connectivity index (χ1) is 11.3. The fraction of sp³-hybridized carbons (Fsp3) is 0. The van der Waals surface area contributed by atoms with Gasteiger partial charge < -0.3 is 0 Å². The van der Waals surface area contributed by atoms with Gasteiger partial charge in [-0.3, -0.25) is 0 Å². The predicted molar refractivity (Wildman–Crippen MR) is 102 cm³/mol. The molecule has 110 valence electrons. The summed E-state index contributed by atoms with van der Waals surface area (Å²) in [6.07, 6.45) is 4.35. The molecule has 1 heteroatoms. The highest BCUT2D eigenvalue weighted by Crippen LogP contribution is 2.30. The summed E-state index contributed by atoms with van der Waals surface area (Å²) >= 11 is 5.96. The standard InChI is InChI=1S/C22H15Cl/c23-19-12-9-16(10-13-19)11-14-22-20-7-3-1-5-17(20)15-18-6-2-4-8-21(18)22/h1-15H. The predicted octanol–water partition coefficient (Wildman–Crippen LogP) is 6.82. The number of fused-ring (bicyclic) bond motifs is 2. The van der Waals surface area contributed by atoms with Gasteiger partial charge in [0.05, 0.1) is 0 Å². The topological polar surface area (TPSA) is 0 Å². The lowest BCUT2D eigenvalue weighted by Gasteiger charge is -2.08. The van der Waals surface area contributed by atoms with E-state index >= 15 is 0 Å². The summed E-state index contributed by atoms with van der Waals surface area (Å²) in [6, 6.07) is 27.2. The van der Waals surface area contributed by atoms with E-state index in [1.54, 1.807) is 0 Å². The smallest absolute Gasteiger partial charge is 0.0406 e. The van der Waals surface area contributed by atoms with Crippen LogP contribution in [0.5, 0.6) is 0 Å². The van der Waals surface area contributed by atoms with Crippen LogP contribution >= 0.6 is 11.6 Å². The van der Waals surface area contributed by atoms with Crippen LogP contribution in [0, 0.1) is 0 Å². The molecule has 0 atom stereocenters. The molecule has 0 aliphatic heterocycles. The van der Waals surface area contributed by atoms with Crippen molar-refractivity contribution in [2.75, 3.05) is 0 Å². The van der Waals surface area contributed by atoms with Crippen LogP contribution in [-0.4, -0.2) is 0 Å². The van der Waals surface area contributed by atoms with Crippen LogP contribution in [0.3, 0.4) is 0 Å². The Morgan fingerprint density at radius 3 is 1.78 bits per heavy atom. The van der Waals surface area contributed by atoms with Crippen LogP contribution < -0.4 is 0 Å². The normalized spacial score (nSPS) is 11.5. The molecular weight excluding hydrogens is 300 g/mol. The Labute approximate surface area is 140 Å². The third-order valence-corrected chi connectivity index (χ3v) is 4.38. The van der Waals surface area contributed by atoms with Gasteiger partial charge in [-0.1, -0.05) is 84.4 Å². The second-order valence-electron chi connectivity index (χ2n) is 5.62. The zero-order valence-corrected chi connectivity index (χ0v) is 13.3. The van der Waals surface area contributed by atoms with Gasteiger partial charge in [0.2, 0.25) is 0 Å². The lowest BCUT2D eigenvalue weighted by molar-refractivity contribution is 1.66. The van der Waals surface area contributed by atoms with E-state index in [0.717, 1.165) is 10.6 Å². The summed E-state index contributed by atoms with van der Waals surface area (Å²) in [5.41, 5.74) is 2.40. The molecule has 0 unspecified atom stereocenters. The molecule has 0 saturated carbocycles. The van der Waals surface area contributed by atoms with Gasteiger partial charge in [-0.15, -0.1) is 0 Å². The van der Waals surface area contributed by atoms with Crippen LogP contribution in [0.25, 0.3) is 33.7 Å². The maximum atomic E-state index is 5.96. The summed E-state index contributed by atoms with van der Waals surface area (Å²) in [4.78, 5) is 0. The first kappa shape index (κ1) is 14.0. The Bertz CT molecular complexity index is 957. The Kier molecular flexibility index (Phi) is 3.61. The number of hydrogen-bond acceptors (Lipinski definition) is 0. The molecule has 4 rings (SSSR count). The molecule has 0 aliphatic rings. The second-order valence-corrected chi connectivity index (χ2v) is 6.05. The second kappa shape index (κ2) is 5.91. The maximum Gasteiger partial charge on any atom is 0.0406 e. The van der Waals surface area contributed by atoms with Crippen molar-refractivity contribution in [1.29, 1.82) is 0 Å². The minimum atomic E-state index is 0.762. The average molecular weight is 315 g/mol. The zero-order valence-electron chi connectivity index (χ0n) is 12.5. The van der Waals surface area contributed by atoms with Gasteiger partial charge in [0.15, 0.2) is 0 Å². The van der Waals surface area contributed by atoms with Crippen molar-refractivity contribution >= 4 is 45.3 Å². The highest BCUT2D eigenvalue weighted by Gasteiger charge is 2.04. The van der Waals surface area contributed by atoms with E-state index in [2.05, 4.69) is 66.7 Å². The number of benzene rings is 4. The quantitative estimate of drug-likeness (QED) is 0.281. The van der Waals surface area contributed by atoms with Crippen LogP contribution in [0.1, 0.15) is 11.1 Å². The van der Waals surface area contributed by atoms with Crippen LogP contribution in [0.15, 0.2) is 78.9 Å². The Morgan fingerprint density at radius 2 is 1.17 bits per heavy atom. The number of rotatable bonds is 2. The van der Waals surface area contributed by atoms with Crippen LogP contribution in [0.2, 0.25) is 5.02 Å². The Balaban J connectivity index is 1.93. The van der Waals surface area contributed by atoms with Crippen molar-refractivity contribution in [1.82, 2.24) is 0 Å². The first-order valence-electron chi connectivity index (χ1n) is 7.65. The van der Waals surface area contributed by atoms with Crippen molar-refractivity contribution in [3.8, 4) is 0 Å². The molecule has 0 N–H and O–H groups in total. The first-order valence-corrected chi connectivity index (χ1v) is 8.03. The van der Waals surface area contributed by atoms with E-state index in [-0.39, 0.29) is 0 Å². The van der Waals surface area contributed by atoms with E-state index in [0.29, 0.717) is 0 Å². The van der Waals surface area contributed by atoms with Crippen LogP contribution in [0.4, 0.5) is 0 Å². The third kappa shape index (κ3) is 2.74. The van der Waals surface area contributed by atoms with Gasteiger partial charge in [0.25, 0.3) is 0 Å². The van der Waals surface area contributed by atoms with Crippen molar-refractivity contribution in [3.63, 3.8) is 0 Å². The van der Waals surface area contributed by atoms with Crippen molar-refractivity contribution in [3.05, 3.63) is 95.0 Å². The van der Waals surface area contributed by atoms with Gasteiger partial charge in [0.1, 0.15) is 0 Å². The lowest BCUT2D eigenvalue weighted by atomic mass is 9.96. The molecule has 0 aromatic heterocycles. The molecular formula is C22H15Cl. The van der Waals surface area contributed by atoms with E-state index in [9.17, 15) is 0 Å². The van der Waals surface area contributed by atoms with Crippen LogP contribution in [-0.2, 0) is 0 Å². The molecule has 0 fully saturated rings. The SMILES string of the molecule is Clc1ccc(C=Cc2c3ccccc3cc3ccccc23)cc1. The highest BCUT2D eigenvalue weighted by molar-refractivity contribution is 6.30. The molecule has 0 saturated heterocycles. The number of hydrogen-bond donors (Lipinski definition) is 0. The highest BCUT2D eigenvalue weighted by atomic mass is 35.5. The summed E-state index contributed by atoms with van der Waals surface area (Å²) in [5, 5.41) is 5.84. The molecule has 0 radical (unpaired) electrons. The largest absolute Gasteiger partial charge is 0.0843 e. The summed E-state index contributed by atoms with van der Waals surface area (Å²) in [6.45, 7) is 0. The fourth-order valence-electron chi connectivity index (χ4n) is 2.98. The Morgan fingerprint density at radius 1 is 0.609 bits per heavy atom. The third-order valence-electron chi connectivity index (χ3n) is 4.13. The molecule has 0 nitrogen and oxygen atoms in total. The molecule has 0 heterocycles. The minimum absolute atomic E-state index is 0.762. The van der Waals surface area contributed by atoms with E-state index in [1.165, 1.54) is 27.1 Å². The molecule has 0 bridgehead atoms. The van der Waals surface area contributed by atoms with Crippen molar-refractivity contribution in [2.24, 2.45) is 0 Å². The van der Waals surface area contributed by atoms with Gasteiger partial charge in [-0.05, 0) is 50.9 Å². The van der Waals surface area contributed by atoms with Gasteiger partial charge >= 0.3 is 0 Å². The fourth-order valence-corrected chi connectivity index (χ4v) is 3.11. The molecule has 23 heavy (non-hydrogen) atoms. The summed E-state index contributed by atoms with van der Waals surface area (Å²) in [5.74, 6) is 0. The lowest BCUT2D eigenvalue weighted by Crippen LogP contribution is -1.83. The monoisotopic (exact) mass is 314 g/mol. The average Bonchev–Trinajstić information content (AvgIpc) is 2.60. The van der Waals surface area contributed by atoms with Gasteiger partial charge in [-0.2, -0.15) is 0 Å². The molecule has 4 aromatic carbocycles. The molecule has 0 aliphatic carbocycles.